The maximum Gasteiger partial charge on any atom is 0.260 e. The van der Waals surface area contributed by atoms with Gasteiger partial charge in [0.2, 0.25) is 0 Å². The van der Waals surface area contributed by atoms with Crippen LogP contribution < -0.4 is 9.64 Å². The van der Waals surface area contributed by atoms with Crippen molar-refractivity contribution in [1.82, 2.24) is 9.88 Å². The van der Waals surface area contributed by atoms with E-state index < -0.39 is 0 Å². The Bertz CT molecular complexity index is 1170. The number of rotatable bonds is 7. The molecule has 0 radical (unpaired) electrons. The second-order valence-corrected chi connectivity index (χ2v) is 8.54. The lowest BCUT2D eigenvalue weighted by atomic mass is 10.0. The molecule has 3 aromatic carbocycles. The Labute approximate surface area is 186 Å². The van der Waals surface area contributed by atoms with Gasteiger partial charge in [0.15, 0.2) is 5.13 Å². The molecule has 0 N–H and O–H groups in total. The van der Waals surface area contributed by atoms with Crippen molar-refractivity contribution in [1.29, 1.82) is 0 Å². The fourth-order valence-electron chi connectivity index (χ4n) is 3.31. The molecule has 0 atom stereocenters. The molecule has 0 fully saturated rings. The van der Waals surface area contributed by atoms with Gasteiger partial charge in [-0.1, -0.05) is 53.8 Å². The van der Waals surface area contributed by atoms with Gasteiger partial charge < -0.3 is 9.64 Å². The van der Waals surface area contributed by atoms with Crippen LogP contribution in [-0.2, 0) is 0 Å². The van der Waals surface area contributed by atoms with Crippen LogP contribution >= 0.6 is 11.3 Å². The van der Waals surface area contributed by atoms with Crippen molar-refractivity contribution >= 4 is 32.6 Å². The van der Waals surface area contributed by atoms with E-state index in [1.807, 2.05) is 74.8 Å². The van der Waals surface area contributed by atoms with Crippen LogP contribution in [-0.4, -0.2) is 50.1 Å². The average molecular weight is 432 g/mol. The highest BCUT2D eigenvalue weighted by Gasteiger charge is 2.21. The van der Waals surface area contributed by atoms with Crippen LogP contribution in [0.5, 0.6) is 5.75 Å². The van der Waals surface area contributed by atoms with Crippen molar-refractivity contribution in [3.63, 3.8) is 0 Å². The Morgan fingerprint density at radius 1 is 0.935 bits per heavy atom. The quantitative estimate of drug-likeness (QED) is 0.404. The largest absolute Gasteiger partial charge is 0.497 e. The van der Waals surface area contributed by atoms with Gasteiger partial charge in [0.1, 0.15) is 5.75 Å². The van der Waals surface area contributed by atoms with Crippen molar-refractivity contribution in [3.8, 4) is 16.9 Å². The number of likely N-dealkylation sites (N-methyl/N-ethyl adjacent to an activating group) is 1. The van der Waals surface area contributed by atoms with Crippen LogP contribution in [0.1, 0.15) is 10.4 Å². The third-order valence-electron chi connectivity index (χ3n) is 5.07. The normalized spacial score (nSPS) is 11.1. The van der Waals surface area contributed by atoms with Crippen LogP contribution in [0, 0.1) is 0 Å². The van der Waals surface area contributed by atoms with E-state index in [4.69, 9.17) is 9.72 Å². The summed E-state index contributed by atoms with van der Waals surface area (Å²) in [5, 5.41) is 0.697. The molecule has 0 spiro atoms. The first-order valence-electron chi connectivity index (χ1n) is 10.1. The number of amides is 1. The molecule has 4 rings (SSSR count). The van der Waals surface area contributed by atoms with E-state index in [1.165, 1.54) is 11.3 Å². The van der Waals surface area contributed by atoms with Crippen molar-refractivity contribution < 1.29 is 9.53 Å². The van der Waals surface area contributed by atoms with Gasteiger partial charge in [0, 0.05) is 24.7 Å². The molecule has 5 nitrogen and oxygen atoms in total. The van der Waals surface area contributed by atoms with Crippen LogP contribution in [0.3, 0.4) is 0 Å². The topological polar surface area (TPSA) is 45.7 Å². The average Bonchev–Trinajstić information content (AvgIpc) is 3.22. The van der Waals surface area contributed by atoms with Gasteiger partial charge >= 0.3 is 0 Å². The molecule has 0 aliphatic rings. The summed E-state index contributed by atoms with van der Waals surface area (Å²) in [5.41, 5.74) is 3.70. The Kier molecular flexibility index (Phi) is 6.30. The molecule has 1 amide bonds. The minimum Gasteiger partial charge on any atom is -0.497 e. The number of aromatic nitrogens is 1. The summed E-state index contributed by atoms with van der Waals surface area (Å²) < 4.78 is 6.34. The SMILES string of the molecule is COc1ccc2sc(N(CCN(C)C)C(=O)c3ccc(-c4ccccc4)cc3)nc2c1. The molecular weight excluding hydrogens is 406 g/mol. The third-order valence-corrected chi connectivity index (χ3v) is 6.13. The number of hydrogen-bond acceptors (Lipinski definition) is 5. The first kappa shape index (κ1) is 21.0. The van der Waals surface area contributed by atoms with Crippen molar-refractivity contribution in [2.45, 2.75) is 0 Å². The molecule has 4 aromatic rings. The van der Waals surface area contributed by atoms with Gasteiger partial charge in [0.25, 0.3) is 5.91 Å². The summed E-state index contributed by atoms with van der Waals surface area (Å²) in [6.07, 6.45) is 0. The van der Waals surface area contributed by atoms with Crippen LogP contribution in [0.25, 0.3) is 21.3 Å². The molecule has 0 saturated heterocycles. The van der Waals surface area contributed by atoms with Gasteiger partial charge in [0.05, 0.1) is 17.3 Å². The third kappa shape index (κ3) is 4.76. The van der Waals surface area contributed by atoms with Gasteiger partial charge in [-0.15, -0.1) is 0 Å². The van der Waals surface area contributed by atoms with E-state index in [0.29, 0.717) is 17.2 Å². The summed E-state index contributed by atoms with van der Waals surface area (Å²) in [6.45, 7) is 1.30. The number of ether oxygens (including phenoxy) is 1. The standard InChI is InChI=1S/C25H25N3O2S/c1-27(2)15-16-28(25-26-22-17-21(30-3)13-14-23(22)31-25)24(29)20-11-9-19(10-12-20)18-7-5-4-6-8-18/h4-14,17H,15-16H2,1-3H3. The van der Waals surface area contributed by atoms with Gasteiger partial charge in [-0.2, -0.15) is 0 Å². The Morgan fingerprint density at radius 2 is 1.65 bits per heavy atom. The predicted octanol–water partition coefficient (Wildman–Crippen LogP) is 5.18. The molecule has 0 aliphatic carbocycles. The number of carbonyl (C=O) groups excluding carboxylic acids is 1. The summed E-state index contributed by atoms with van der Waals surface area (Å²) >= 11 is 1.52. The summed E-state index contributed by atoms with van der Waals surface area (Å²) in [4.78, 5) is 22.0. The number of fused-ring (bicyclic) bond motifs is 1. The minimum atomic E-state index is -0.0486. The lowest BCUT2D eigenvalue weighted by Gasteiger charge is -2.22. The van der Waals surface area contributed by atoms with Crippen LogP contribution in [0.4, 0.5) is 5.13 Å². The van der Waals surface area contributed by atoms with Crippen molar-refractivity contribution in [3.05, 3.63) is 78.4 Å². The smallest absolute Gasteiger partial charge is 0.260 e. The zero-order chi connectivity index (χ0) is 21.8. The Balaban J connectivity index is 1.65. The Morgan fingerprint density at radius 3 is 2.32 bits per heavy atom. The molecule has 6 heteroatoms. The monoisotopic (exact) mass is 431 g/mol. The van der Waals surface area contributed by atoms with Gasteiger partial charge in [-0.25, -0.2) is 4.98 Å². The molecule has 1 heterocycles. The molecule has 0 unspecified atom stereocenters. The van der Waals surface area contributed by atoms with E-state index in [2.05, 4.69) is 17.0 Å². The number of carbonyl (C=O) groups is 1. The van der Waals surface area contributed by atoms with Gasteiger partial charge in [-0.05, 0) is 49.5 Å². The fourth-order valence-corrected chi connectivity index (χ4v) is 4.28. The lowest BCUT2D eigenvalue weighted by molar-refractivity contribution is 0.0985. The fraction of sp³-hybridized carbons (Fsp3) is 0.200. The predicted molar refractivity (Wildman–Crippen MR) is 128 cm³/mol. The first-order chi connectivity index (χ1) is 15.0. The molecule has 31 heavy (non-hydrogen) atoms. The van der Waals surface area contributed by atoms with E-state index in [9.17, 15) is 4.79 Å². The van der Waals surface area contributed by atoms with Crippen LogP contribution in [0.2, 0.25) is 0 Å². The van der Waals surface area contributed by atoms with E-state index in [1.54, 1.807) is 12.0 Å². The van der Waals surface area contributed by atoms with Crippen molar-refractivity contribution in [2.75, 3.05) is 39.2 Å². The summed E-state index contributed by atoms with van der Waals surface area (Å²) in [6, 6.07) is 23.7. The maximum absolute atomic E-state index is 13.5. The zero-order valence-corrected chi connectivity index (χ0v) is 18.7. The second-order valence-electron chi connectivity index (χ2n) is 7.53. The maximum atomic E-state index is 13.5. The number of nitrogens with zero attached hydrogens (tertiary/aromatic N) is 3. The molecule has 1 aromatic heterocycles. The van der Waals surface area contributed by atoms with E-state index in [-0.39, 0.29) is 5.91 Å². The number of thiazole rings is 1. The molecule has 0 saturated carbocycles. The molecule has 158 valence electrons. The van der Waals surface area contributed by atoms with Crippen molar-refractivity contribution in [2.24, 2.45) is 0 Å². The first-order valence-corrected chi connectivity index (χ1v) is 10.9. The minimum absolute atomic E-state index is 0.0486. The highest BCUT2D eigenvalue weighted by Crippen LogP contribution is 2.32. The van der Waals surface area contributed by atoms with Gasteiger partial charge in [-0.3, -0.25) is 9.69 Å². The summed E-state index contributed by atoms with van der Waals surface area (Å²) in [5.74, 6) is 0.708. The highest BCUT2D eigenvalue weighted by molar-refractivity contribution is 7.22. The number of hydrogen-bond donors (Lipinski definition) is 0. The van der Waals surface area contributed by atoms with E-state index >= 15 is 0 Å². The summed E-state index contributed by atoms with van der Waals surface area (Å²) in [7, 11) is 5.64. The number of benzene rings is 3. The highest BCUT2D eigenvalue weighted by atomic mass is 32.1. The zero-order valence-electron chi connectivity index (χ0n) is 17.9. The van der Waals surface area contributed by atoms with E-state index in [0.717, 1.165) is 33.6 Å². The number of methoxy groups -OCH3 is 1. The number of anilines is 1. The molecule has 0 bridgehead atoms. The Hall–Kier alpha value is -3.22. The van der Waals surface area contributed by atoms with Crippen LogP contribution in [0.15, 0.2) is 72.8 Å². The molecular formula is C25H25N3O2S. The second kappa shape index (κ2) is 9.29. The lowest BCUT2D eigenvalue weighted by Crippen LogP contribution is -2.36. The molecule has 0 aliphatic heterocycles.